The highest BCUT2D eigenvalue weighted by atomic mass is 16.5. The standard InChI is InChI=1S/C20H18N2O5/c21-11-15(19(23)22-12-17-2-1-9-26-17)10-16-7-8-18(27-16)13-3-5-14(6-4-13)20(24)25/h3-8,10,17H,1-2,9,12H2,(H,22,23)(H,24,25)/p-1/b15-10+/t17-/m0/s1. The molecule has 0 saturated carbocycles. The van der Waals surface area contributed by atoms with Crippen LogP contribution in [0.1, 0.15) is 29.0 Å². The summed E-state index contributed by atoms with van der Waals surface area (Å²) < 4.78 is 11.1. The van der Waals surface area contributed by atoms with Gasteiger partial charge in [0.15, 0.2) is 0 Å². The Bertz CT molecular complexity index is 899. The van der Waals surface area contributed by atoms with Gasteiger partial charge in [-0.1, -0.05) is 24.3 Å². The molecule has 1 N–H and O–H groups in total. The summed E-state index contributed by atoms with van der Waals surface area (Å²) in [5.74, 6) is -0.900. The molecule has 3 rings (SSSR count). The number of hydrogen-bond acceptors (Lipinski definition) is 6. The smallest absolute Gasteiger partial charge is 0.262 e. The highest BCUT2D eigenvalue weighted by Crippen LogP contribution is 2.24. The Morgan fingerprint density at radius 3 is 2.67 bits per heavy atom. The predicted octanol–water partition coefficient (Wildman–Crippen LogP) is 1.51. The van der Waals surface area contributed by atoms with E-state index in [9.17, 15) is 20.0 Å². The zero-order chi connectivity index (χ0) is 19.2. The molecule has 1 aliphatic heterocycles. The summed E-state index contributed by atoms with van der Waals surface area (Å²) in [6.07, 6.45) is 3.22. The van der Waals surface area contributed by atoms with E-state index in [1.807, 2.05) is 6.07 Å². The van der Waals surface area contributed by atoms with E-state index >= 15 is 0 Å². The fourth-order valence-corrected chi connectivity index (χ4v) is 2.75. The maximum absolute atomic E-state index is 12.2. The van der Waals surface area contributed by atoms with Gasteiger partial charge in [-0.2, -0.15) is 5.26 Å². The number of carbonyl (C=O) groups excluding carboxylic acids is 2. The first-order valence-electron chi connectivity index (χ1n) is 8.50. The first kappa shape index (κ1) is 18.4. The minimum absolute atomic E-state index is 0.00641. The molecule has 0 aliphatic carbocycles. The van der Waals surface area contributed by atoms with Crippen LogP contribution < -0.4 is 10.4 Å². The van der Waals surface area contributed by atoms with Crippen molar-refractivity contribution in [1.82, 2.24) is 5.32 Å². The third kappa shape index (κ3) is 4.63. The molecular formula is C20H17N2O5-. The molecule has 138 valence electrons. The van der Waals surface area contributed by atoms with E-state index in [0.717, 1.165) is 12.8 Å². The number of nitrogens with zero attached hydrogens (tertiary/aromatic N) is 1. The van der Waals surface area contributed by atoms with Gasteiger partial charge < -0.3 is 24.4 Å². The van der Waals surface area contributed by atoms with Gasteiger partial charge in [0.2, 0.25) is 0 Å². The molecule has 1 atom stereocenters. The SMILES string of the molecule is N#C/C(=C\c1ccc(-c2ccc(C(=O)[O-])cc2)o1)C(=O)NC[C@@H]1CCCO1. The molecule has 1 fully saturated rings. The van der Waals surface area contributed by atoms with Crippen LogP contribution in [0.2, 0.25) is 0 Å². The number of carboxylic acid groups (broad SMARTS) is 1. The second kappa shape index (κ2) is 8.34. The fraction of sp³-hybridized carbons (Fsp3) is 0.250. The van der Waals surface area contributed by atoms with Crippen LogP contribution in [0.5, 0.6) is 0 Å². The van der Waals surface area contributed by atoms with Crippen molar-refractivity contribution in [3.63, 3.8) is 0 Å². The van der Waals surface area contributed by atoms with Gasteiger partial charge in [0.05, 0.1) is 12.1 Å². The second-order valence-corrected chi connectivity index (χ2v) is 6.08. The Morgan fingerprint density at radius 1 is 1.26 bits per heavy atom. The maximum Gasteiger partial charge on any atom is 0.262 e. The summed E-state index contributed by atoms with van der Waals surface area (Å²) in [6.45, 7) is 1.06. The lowest BCUT2D eigenvalue weighted by Crippen LogP contribution is -2.32. The van der Waals surface area contributed by atoms with Crippen molar-refractivity contribution >= 4 is 18.0 Å². The van der Waals surface area contributed by atoms with Gasteiger partial charge in [0.25, 0.3) is 5.91 Å². The molecule has 1 aromatic carbocycles. The van der Waals surface area contributed by atoms with E-state index < -0.39 is 11.9 Å². The summed E-state index contributed by atoms with van der Waals surface area (Å²) >= 11 is 0. The first-order valence-corrected chi connectivity index (χ1v) is 8.50. The minimum Gasteiger partial charge on any atom is -0.545 e. The summed E-state index contributed by atoms with van der Waals surface area (Å²) in [6, 6.07) is 11.2. The third-order valence-corrected chi connectivity index (χ3v) is 4.20. The second-order valence-electron chi connectivity index (χ2n) is 6.08. The van der Waals surface area contributed by atoms with E-state index in [4.69, 9.17) is 9.15 Å². The number of ether oxygens (including phenoxy) is 1. The van der Waals surface area contributed by atoms with Crippen molar-refractivity contribution in [1.29, 1.82) is 5.26 Å². The summed E-state index contributed by atoms with van der Waals surface area (Å²) in [5.41, 5.74) is 0.669. The van der Waals surface area contributed by atoms with Crippen LogP contribution in [-0.2, 0) is 9.53 Å². The van der Waals surface area contributed by atoms with Crippen molar-refractivity contribution in [3.05, 3.63) is 53.3 Å². The molecule has 0 radical (unpaired) electrons. The molecule has 2 heterocycles. The number of nitrogens with one attached hydrogen (secondary N) is 1. The van der Waals surface area contributed by atoms with Gasteiger partial charge in [-0.15, -0.1) is 0 Å². The Morgan fingerprint density at radius 2 is 2.04 bits per heavy atom. The number of furan rings is 1. The molecule has 0 bridgehead atoms. The van der Waals surface area contributed by atoms with Crippen LogP contribution >= 0.6 is 0 Å². The summed E-state index contributed by atoms with van der Waals surface area (Å²) in [7, 11) is 0. The van der Waals surface area contributed by atoms with Crippen molar-refractivity contribution < 1.29 is 23.8 Å². The molecule has 7 heteroatoms. The van der Waals surface area contributed by atoms with Crippen LogP contribution in [0.3, 0.4) is 0 Å². The van der Waals surface area contributed by atoms with E-state index in [0.29, 0.717) is 30.2 Å². The molecule has 1 aromatic heterocycles. The average Bonchev–Trinajstić information content (AvgIpc) is 3.36. The summed E-state index contributed by atoms with van der Waals surface area (Å²) in [4.78, 5) is 22.9. The molecule has 0 spiro atoms. The van der Waals surface area contributed by atoms with Crippen molar-refractivity contribution in [2.45, 2.75) is 18.9 Å². The molecule has 0 unspecified atom stereocenters. The van der Waals surface area contributed by atoms with Crippen LogP contribution in [0.4, 0.5) is 0 Å². The third-order valence-electron chi connectivity index (χ3n) is 4.20. The number of benzene rings is 1. The molecular weight excluding hydrogens is 348 g/mol. The van der Waals surface area contributed by atoms with Crippen LogP contribution in [0, 0.1) is 11.3 Å². The van der Waals surface area contributed by atoms with Crippen molar-refractivity contribution in [2.75, 3.05) is 13.2 Å². The predicted molar refractivity (Wildman–Crippen MR) is 94.0 cm³/mol. The van der Waals surface area contributed by atoms with Gasteiger partial charge in [-0.05, 0) is 30.5 Å². The van der Waals surface area contributed by atoms with E-state index in [-0.39, 0.29) is 17.2 Å². The average molecular weight is 365 g/mol. The first-order chi connectivity index (χ1) is 13.1. The number of carbonyl (C=O) groups is 2. The number of aromatic carboxylic acids is 1. The van der Waals surface area contributed by atoms with Gasteiger partial charge in [-0.3, -0.25) is 4.79 Å². The summed E-state index contributed by atoms with van der Waals surface area (Å²) in [5, 5.41) is 22.7. The lowest BCUT2D eigenvalue weighted by Gasteiger charge is -2.09. The van der Waals surface area contributed by atoms with Gasteiger partial charge in [0, 0.05) is 24.8 Å². The number of nitriles is 1. The maximum atomic E-state index is 12.2. The van der Waals surface area contributed by atoms with Gasteiger partial charge in [0.1, 0.15) is 23.2 Å². The van der Waals surface area contributed by atoms with Crippen LogP contribution in [0.25, 0.3) is 17.4 Å². The minimum atomic E-state index is -1.25. The van der Waals surface area contributed by atoms with Crippen LogP contribution in [-0.4, -0.2) is 31.1 Å². The largest absolute Gasteiger partial charge is 0.545 e. The zero-order valence-electron chi connectivity index (χ0n) is 14.4. The molecule has 1 aliphatic rings. The molecule has 1 amide bonds. The number of amides is 1. The molecule has 2 aromatic rings. The van der Waals surface area contributed by atoms with Gasteiger partial charge >= 0.3 is 0 Å². The molecule has 27 heavy (non-hydrogen) atoms. The Kier molecular flexibility index (Phi) is 5.69. The number of hydrogen-bond donors (Lipinski definition) is 1. The van der Waals surface area contributed by atoms with E-state index in [1.165, 1.54) is 18.2 Å². The van der Waals surface area contributed by atoms with E-state index in [2.05, 4.69) is 5.32 Å². The van der Waals surface area contributed by atoms with E-state index in [1.54, 1.807) is 24.3 Å². The molecule has 7 nitrogen and oxygen atoms in total. The lowest BCUT2D eigenvalue weighted by atomic mass is 10.1. The Labute approximate surface area is 155 Å². The topological polar surface area (TPSA) is 115 Å². The highest BCUT2D eigenvalue weighted by Gasteiger charge is 2.18. The van der Waals surface area contributed by atoms with Crippen molar-refractivity contribution in [3.8, 4) is 17.4 Å². The quantitative estimate of drug-likeness (QED) is 0.613. The number of rotatable bonds is 6. The zero-order valence-corrected chi connectivity index (χ0v) is 14.4. The van der Waals surface area contributed by atoms with Crippen molar-refractivity contribution in [2.24, 2.45) is 0 Å². The fourth-order valence-electron chi connectivity index (χ4n) is 2.75. The lowest BCUT2D eigenvalue weighted by molar-refractivity contribution is -0.255. The monoisotopic (exact) mass is 365 g/mol. The Hall–Kier alpha value is -3.37. The van der Waals surface area contributed by atoms with Gasteiger partial charge in [-0.25, -0.2) is 0 Å². The Balaban J connectivity index is 1.69. The highest BCUT2D eigenvalue weighted by molar-refractivity contribution is 6.01. The van der Waals surface area contributed by atoms with Crippen LogP contribution in [0.15, 0.2) is 46.4 Å². The molecule has 1 saturated heterocycles. The normalized spacial score (nSPS) is 16.7. The number of carboxylic acids is 1.